The van der Waals surface area contributed by atoms with Crippen LogP contribution < -0.4 is 10.1 Å². The van der Waals surface area contributed by atoms with E-state index >= 15 is 0 Å². The van der Waals surface area contributed by atoms with E-state index in [-0.39, 0.29) is 29.2 Å². The molecule has 204 valence electrons. The number of rotatable bonds is 9. The van der Waals surface area contributed by atoms with Gasteiger partial charge in [0.2, 0.25) is 5.91 Å². The number of nitrogens with one attached hydrogen (secondary N) is 1. The number of anilines is 1. The van der Waals surface area contributed by atoms with Crippen LogP contribution in [0.2, 0.25) is 0 Å². The van der Waals surface area contributed by atoms with Crippen molar-refractivity contribution in [1.82, 2.24) is 14.7 Å². The summed E-state index contributed by atoms with van der Waals surface area (Å²) in [6, 6.07) is 17.1. The van der Waals surface area contributed by atoms with Crippen molar-refractivity contribution < 1.29 is 14.3 Å². The average molecular weight is 519 g/mol. The minimum absolute atomic E-state index is 0.00209. The van der Waals surface area contributed by atoms with Gasteiger partial charge < -0.3 is 15.0 Å². The number of hydrogen-bond acceptors (Lipinski definition) is 4. The Balaban J connectivity index is 1.84. The first-order valence-electron chi connectivity index (χ1n) is 13.3. The van der Waals surface area contributed by atoms with Gasteiger partial charge in [-0.05, 0) is 53.8 Å². The normalized spacial score (nSPS) is 11.8. The summed E-state index contributed by atoms with van der Waals surface area (Å²) < 4.78 is 7.00. The van der Waals surface area contributed by atoms with E-state index in [1.165, 1.54) is 0 Å². The van der Waals surface area contributed by atoms with E-state index in [1.54, 1.807) is 16.7 Å². The summed E-state index contributed by atoms with van der Waals surface area (Å²) in [5.74, 6) is 0.884. The van der Waals surface area contributed by atoms with Crippen LogP contribution in [0.25, 0.3) is 5.69 Å². The van der Waals surface area contributed by atoms with E-state index in [1.807, 2.05) is 54.6 Å². The van der Waals surface area contributed by atoms with Gasteiger partial charge in [-0.1, -0.05) is 67.0 Å². The number of carbonyl (C=O) groups is 2. The van der Waals surface area contributed by atoms with Gasteiger partial charge in [0.1, 0.15) is 18.1 Å². The first kappa shape index (κ1) is 29.0. The maximum atomic E-state index is 13.4. The topological polar surface area (TPSA) is 76.5 Å². The Labute approximate surface area is 227 Å². The number of hydrogen-bond donors (Lipinski definition) is 1. The molecule has 0 aliphatic carbocycles. The summed E-state index contributed by atoms with van der Waals surface area (Å²) in [6.07, 6.45) is 1.74. The Morgan fingerprint density at radius 3 is 2.11 bits per heavy atom. The molecule has 0 atom stereocenters. The second-order valence-electron chi connectivity index (χ2n) is 11.7. The molecular formula is C31H42N4O3. The Bertz CT molecular complexity index is 1230. The van der Waals surface area contributed by atoms with Crippen LogP contribution in [-0.4, -0.2) is 46.7 Å². The van der Waals surface area contributed by atoms with Gasteiger partial charge in [-0.2, -0.15) is 5.10 Å². The smallest absolute Gasteiger partial charge is 0.254 e. The van der Waals surface area contributed by atoms with Crippen molar-refractivity contribution in [3.8, 4) is 11.4 Å². The van der Waals surface area contributed by atoms with Crippen molar-refractivity contribution in [2.24, 2.45) is 0 Å². The van der Waals surface area contributed by atoms with Crippen LogP contribution in [0.15, 0.2) is 54.6 Å². The second-order valence-corrected chi connectivity index (χ2v) is 11.7. The number of nitrogens with zero attached hydrogens (tertiary/aromatic N) is 3. The fraction of sp³-hybridized carbons (Fsp3) is 0.452. The molecule has 7 nitrogen and oxygen atoms in total. The molecule has 0 aliphatic rings. The molecule has 0 aliphatic heterocycles. The third-order valence-corrected chi connectivity index (χ3v) is 6.46. The van der Waals surface area contributed by atoms with Crippen molar-refractivity contribution in [3.63, 3.8) is 0 Å². The van der Waals surface area contributed by atoms with Gasteiger partial charge in [-0.3, -0.25) is 9.59 Å². The highest BCUT2D eigenvalue weighted by molar-refractivity contribution is 5.99. The molecule has 1 N–H and O–H groups in total. The molecule has 3 rings (SSSR count). The van der Waals surface area contributed by atoms with Gasteiger partial charge in [0.15, 0.2) is 0 Å². The van der Waals surface area contributed by atoms with Crippen LogP contribution in [0.4, 0.5) is 5.82 Å². The Hall–Kier alpha value is -3.61. The van der Waals surface area contributed by atoms with E-state index in [9.17, 15) is 9.59 Å². The summed E-state index contributed by atoms with van der Waals surface area (Å²) in [5.41, 5.74) is 3.19. The maximum absolute atomic E-state index is 13.4. The fourth-order valence-electron chi connectivity index (χ4n) is 4.01. The van der Waals surface area contributed by atoms with Crippen molar-refractivity contribution >= 4 is 17.6 Å². The van der Waals surface area contributed by atoms with E-state index in [0.717, 1.165) is 35.5 Å². The largest absolute Gasteiger partial charge is 0.497 e. The van der Waals surface area contributed by atoms with Gasteiger partial charge in [0.25, 0.3) is 5.91 Å². The van der Waals surface area contributed by atoms with Crippen molar-refractivity contribution in [3.05, 3.63) is 71.4 Å². The zero-order chi connectivity index (χ0) is 28.1. The van der Waals surface area contributed by atoms with Crippen LogP contribution in [-0.2, 0) is 15.6 Å². The number of methoxy groups -OCH3 is 1. The Kier molecular flexibility index (Phi) is 9.02. The SMILES string of the molecule is CCCCN(CC(=O)Nc1cc(C(C)(C)C)nn1-c1ccc(OC)cc1)C(=O)c1ccc(C(C)(C)C)cc1. The lowest BCUT2D eigenvalue weighted by atomic mass is 9.86. The molecule has 0 unspecified atom stereocenters. The van der Waals surface area contributed by atoms with Crippen molar-refractivity contribution in [1.29, 1.82) is 0 Å². The summed E-state index contributed by atoms with van der Waals surface area (Å²) in [7, 11) is 1.62. The highest BCUT2D eigenvalue weighted by atomic mass is 16.5. The minimum Gasteiger partial charge on any atom is -0.497 e. The number of ether oxygens (including phenoxy) is 1. The predicted octanol–water partition coefficient (Wildman–Crippen LogP) is 6.36. The molecule has 1 heterocycles. The summed E-state index contributed by atoms with van der Waals surface area (Å²) in [5, 5.41) is 7.79. The predicted molar refractivity (Wildman–Crippen MR) is 153 cm³/mol. The summed E-state index contributed by atoms with van der Waals surface area (Å²) >= 11 is 0. The lowest BCUT2D eigenvalue weighted by Crippen LogP contribution is -2.39. The molecule has 3 aromatic rings. The zero-order valence-electron chi connectivity index (χ0n) is 24.1. The van der Waals surface area contributed by atoms with E-state index in [4.69, 9.17) is 9.84 Å². The van der Waals surface area contributed by atoms with Crippen LogP contribution in [0.5, 0.6) is 5.75 Å². The molecule has 0 saturated heterocycles. The molecule has 0 radical (unpaired) electrons. The maximum Gasteiger partial charge on any atom is 0.254 e. The molecule has 38 heavy (non-hydrogen) atoms. The third-order valence-electron chi connectivity index (χ3n) is 6.46. The van der Waals surface area contributed by atoms with Gasteiger partial charge in [-0.15, -0.1) is 0 Å². The molecular weight excluding hydrogens is 476 g/mol. The molecule has 0 saturated carbocycles. The van der Waals surface area contributed by atoms with Crippen LogP contribution in [0.3, 0.4) is 0 Å². The van der Waals surface area contributed by atoms with Crippen LogP contribution in [0.1, 0.15) is 82.9 Å². The molecule has 0 spiro atoms. The van der Waals surface area contributed by atoms with Gasteiger partial charge in [0.05, 0.1) is 18.5 Å². The van der Waals surface area contributed by atoms with E-state index in [2.05, 4.69) is 53.8 Å². The Morgan fingerprint density at radius 1 is 0.947 bits per heavy atom. The fourth-order valence-corrected chi connectivity index (χ4v) is 4.01. The van der Waals surface area contributed by atoms with Gasteiger partial charge in [0, 0.05) is 23.6 Å². The number of carbonyl (C=O) groups excluding carboxylic acids is 2. The number of benzene rings is 2. The first-order chi connectivity index (χ1) is 17.8. The second kappa shape index (κ2) is 11.8. The highest BCUT2D eigenvalue weighted by Crippen LogP contribution is 2.27. The third kappa shape index (κ3) is 7.24. The minimum atomic E-state index is -0.268. The Morgan fingerprint density at radius 2 is 1.58 bits per heavy atom. The number of unbranched alkanes of at least 4 members (excludes halogenated alkanes) is 1. The monoisotopic (exact) mass is 518 g/mol. The quantitative estimate of drug-likeness (QED) is 0.358. The molecule has 7 heteroatoms. The highest BCUT2D eigenvalue weighted by Gasteiger charge is 2.24. The van der Waals surface area contributed by atoms with E-state index < -0.39 is 0 Å². The van der Waals surface area contributed by atoms with Gasteiger partial charge in [-0.25, -0.2) is 4.68 Å². The van der Waals surface area contributed by atoms with E-state index in [0.29, 0.717) is 17.9 Å². The zero-order valence-corrected chi connectivity index (χ0v) is 24.1. The lowest BCUT2D eigenvalue weighted by Gasteiger charge is -2.23. The van der Waals surface area contributed by atoms with Gasteiger partial charge >= 0.3 is 0 Å². The molecule has 2 amide bonds. The van der Waals surface area contributed by atoms with Crippen molar-refractivity contribution in [2.75, 3.05) is 25.5 Å². The molecule has 2 aromatic carbocycles. The molecule has 0 bridgehead atoms. The van der Waals surface area contributed by atoms with Crippen LogP contribution in [0, 0.1) is 0 Å². The summed E-state index contributed by atoms with van der Waals surface area (Å²) in [4.78, 5) is 28.3. The number of amides is 2. The average Bonchev–Trinajstić information content (AvgIpc) is 3.30. The standard InChI is InChI=1S/C31H42N4O3/c1-9-10-19-34(29(37)22-11-13-23(14-12-22)30(2,3)4)21-28(36)32-27-20-26(31(5,6)7)33-35(27)24-15-17-25(38-8)18-16-24/h11-18,20H,9-10,19,21H2,1-8H3,(H,32,36). The first-order valence-corrected chi connectivity index (χ1v) is 13.3. The lowest BCUT2D eigenvalue weighted by molar-refractivity contribution is -0.117. The molecule has 0 fully saturated rings. The van der Waals surface area contributed by atoms with Crippen molar-refractivity contribution in [2.45, 2.75) is 72.1 Å². The van der Waals surface area contributed by atoms with Crippen LogP contribution >= 0.6 is 0 Å². The summed E-state index contributed by atoms with van der Waals surface area (Å²) in [6.45, 7) is 15.2. The number of aromatic nitrogens is 2. The molecule has 1 aromatic heterocycles.